The summed E-state index contributed by atoms with van der Waals surface area (Å²) in [7, 11) is 2.39. The number of nitrogens with zero attached hydrogens (tertiary/aromatic N) is 2. The number of esters is 1. The van der Waals surface area contributed by atoms with Gasteiger partial charge in [0.1, 0.15) is 12.3 Å². The van der Waals surface area contributed by atoms with E-state index < -0.39 is 0 Å². The van der Waals surface area contributed by atoms with Gasteiger partial charge in [0.15, 0.2) is 0 Å². The van der Waals surface area contributed by atoms with E-state index in [1.165, 1.54) is 49.7 Å². The van der Waals surface area contributed by atoms with Gasteiger partial charge in [-0.2, -0.15) is 0 Å². The van der Waals surface area contributed by atoms with Crippen LogP contribution in [0, 0.1) is 5.92 Å². The molecule has 0 radical (unpaired) electrons. The minimum absolute atomic E-state index is 0.286. The van der Waals surface area contributed by atoms with Gasteiger partial charge in [-0.05, 0) is 37.8 Å². The number of carbonyl (C=O) groups is 1. The Balaban J connectivity index is 1.61. The Hall–Kier alpha value is -1.42. The topological polar surface area (TPSA) is 39.2 Å². The molecule has 2 aliphatic heterocycles. The number of piperidine rings is 2. The highest BCUT2D eigenvalue weighted by Crippen LogP contribution is 2.36. The van der Waals surface area contributed by atoms with Crippen LogP contribution < -0.4 is 0 Å². The first-order valence-corrected chi connectivity index (χ1v) is 8.11. The lowest BCUT2D eigenvalue weighted by Crippen LogP contribution is -2.61. The van der Waals surface area contributed by atoms with Gasteiger partial charge in [-0.1, -0.05) is 6.07 Å². The number of rotatable bonds is 3. The quantitative estimate of drug-likeness (QED) is 0.634. The van der Waals surface area contributed by atoms with E-state index in [1.807, 2.05) is 12.1 Å². The van der Waals surface area contributed by atoms with Crippen molar-refractivity contribution in [2.75, 3.05) is 26.7 Å². The molecule has 0 saturated carbocycles. The first-order chi connectivity index (χ1) is 10.2. The fourth-order valence-corrected chi connectivity index (χ4v) is 4.17. The van der Waals surface area contributed by atoms with Crippen molar-refractivity contribution < 1.29 is 14.0 Å². The van der Waals surface area contributed by atoms with Gasteiger partial charge < -0.3 is 9.22 Å². The molecule has 0 N–H and O–H groups in total. The molecule has 3 heterocycles. The van der Waals surface area contributed by atoms with Gasteiger partial charge in [0.05, 0.1) is 26.2 Å². The number of carbonyl (C=O) groups excluding carboxylic acids is 1. The van der Waals surface area contributed by atoms with Crippen molar-refractivity contribution in [1.82, 2.24) is 4.98 Å². The minimum atomic E-state index is -0.286. The summed E-state index contributed by atoms with van der Waals surface area (Å²) in [4.78, 5) is 16.1. The van der Waals surface area contributed by atoms with Crippen molar-refractivity contribution in [3.05, 3.63) is 30.1 Å². The number of fused-ring (bicyclic) bond motifs is 1. The van der Waals surface area contributed by atoms with Crippen LogP contribution >= 0.6 is 0 Å². The van der Waals surface area contributed by atoms with Crippen LogP contribution in [0.2, 0.25) is 0 Å². The highest BCUT2D eigenvalue weighted by atomic mass is 16.5. The number of hydrogen-bond acceptors (Lipinski definition) is 3. The maximum absolute atomic E-state index is 12.0. The van der Waals surface area contributed by atoms with Crippen molar-refractivity contribution in [3.8, 4) is 0 Å². The highest BCUT2D eigenvalue weighted by molar-refractivity contribution is 5.87. The molecule has 21 heavy (non-hydrogen) atoms. The molecule has 3 rings (SSSR count). The lowest BCUT2D eigenvalue weighted by Gasteiger charge is -2.51. The van der Waals surface area contributed by atoms with Crippen LogP contribution in [0.15, 0.2) is 24.4 Å². The first kappa shape index (κ1) is 14.5. The van der Waals surface area contributed by atoms with E-state index in [-0.39, 0.29) is 5.97 Å². The van der Waals surface area contributed by atoms with Gasteiger partial charge in [-0.3, -0.25) is 0 Å². The first-order valence-electron chi connectivity index (χ1n) is 8.11. The van der Waals surface area contributed by atoms with Gasteiger partial charge in [-0.25, -0.2) is 9.78 Å². The van der Waals surface area contributed by atoms with Crippen molar-refractivity contribution >= 4 is 5.97 Å². The monoisotopic (exact) mass is 289 g/mol. The van der Waals surface area contributed by atoms with Gasteiger partial charge in [0.2, 0.25) is 0 Å². The van der Waals surface area contributed by atoms with Crippen LogP contribution in [0.5, 0.6) is 0 Å². The lowest BCUT2D eigenvalue weighted by molar-refractivity contribution is -0.947. The molecule has 1 aromatic heterocycles. The zero-order chi connectivity index (χ0) is 14.7. The van der Waals surface area contributed by atoms with E-state index in [2.05, 4.69) is 12.0 Å². The third-order valence-corrected chi connectivity index (χ3v) is 5.31. The third-order valence-electron chi connectivity index (χ3n) is 5.31. The van der Waals surface area contributed by atoms with E-state index >= 15 is 0 Å². The molecule has 0 aliphatic carbocycles. The van der Waals surface area contributed by atoms with Crippen molar-refractivity contribution in [3.63, 3.8) is 0 Å². The second-order valence-corrected chi connectivity index (χ2v) is 6.71. The largest absolute Gasteiger partial charge is 0.460 e. The standard InChI is InChI=1S/C17H25N2O2/c1-19-11-5-3-9-16(19)14(7-6-12-19)13-21-17(20)15-8-2-4-10-18-15/h2,4,8,10,14,16H,3,5-7,9,11-13H2,1H3/q+1/t14-,16+,19-/m1/s1. The Kier molecular flexibility index (Phi) is 4.24. The number of hydrogen-bond donors (Lipinski definition) is 0. The Bertz CT molecular complexity index is 487. The van der Waals surface area contributed by atoms with Crippen LogP contribution in [0.4, 0.5) is 0 Å². The smallest absolute Gasteiger partial charge is 0.356 e. The summed E-state index contributed by atoms with van der Waals surface area (Å²) in [5.74, 6) is 0.225. The van der Waals surface area contributed by atoms with Gasteiger partial charge >= 0.3 is 5.97 Å². The molecule has 0 aromatic carbocycles. The zero-order valence-electron chi connectivity index (χ0n) is 12.8. The Morgan fingerprint density at radius 1 is 1.29 bits per heavy atom. The summed E-state index contributed by atoms with van der Waals surface area (Å²) in [5.41, 5.74) is 0.411. The number of ether oxygens (including phenoxy) is 1. The molecule has 2 aliphatic rings. The summed E-state index contributed by atoms with van der Waals surface area (Å²) >= 11 is 0. The fraction of sp³-hybridized carbons (Fsp3) is 0.647. The molecule has 0 spiro atoms. The Labute approximate surface area is 126 Å². The predicted octanol–water partition coefficient (Wildman–Crippen LogP) is 2.65. The maximum atomic E-state index is 12.0. The van der Waals surface area contributed by atoms with Crippen LogP contribution in [-0.2, 0) is 4.74 Å². The molecule has 114 valence electrons. The van der Waals surface area contributed by atoms with Crippen LogP contribution in [0.3, 0.4) is 0 Å². The molecule has 0 unspecified atom stereocenters. The molecular weight excluding hydrogens is 264 g/mol. The van der Waals surface area contributed by atoms with E-state index in [0.717, 1.165) is 0 Å². The van der Waals surface area contributed by atoms with Gasteiger partial charge in [0.25, 0.3) is 0 Å². The summed E-state index contributed by atoms with van der Waals surface area (Å²) in [5, 5.41) is 0. The number of quaternary nitrogens is 1. The van der Waals surface area contributed by atoms with E-state index in [0.29, 0.717) is 24.3 Å². The average molecular weight is 289 g/mol. The third kappa shape index (κ3) is 3.10. The molecule has 0 amide bonds. The Morgan fingerprint density at radius 2 is 2.14 bits per heavy atom. The molecule has 4 nitrogen and oxygen atoms in total. The molecule has 3 atom stereocenters. The molecule has 1 aromatic rings. The molecule has 4 heteroatoms. The van der Waals surface area contributed by atoms with Gasteiger partial charge in [-0.15, -0.1) is 0 Å². The summed E-state index contributed by atoms with van der Waals surface area (Å²) < 4.78 is 6.74. The van der Waals surface area contributed by atoms with Crippen LogP contribution in [0.1, 0.15) is 42.6 Å². The average Bonchev–Trinajstić information content (AvgIpc) is 2.52. The normalized spacial score (nSPS) is 32.2. The molecular formula is C17H25N2O2+. The zero-order valence-corrected chi connectivity index (χ0v) is 12.8. The van der Waals surface area contributed by atoms with Gasteiger partial charge in [0, 0.05) is 18.5 Å². The van der Waals surface area contributed by atoms with Crippen molar-refractivity contribution in [2.45, 2.75) is 38.1 Å². The fourth-order valence-electron chi connectivity index (χ4n) is 4.17. The molecule has 2 saturated heterocycles. The number of aromatic nitrogens is 1. The second-order valence-electron chi connectivity index (χ2n) is 6.71. The predicted molar refractivity (Wildman–Crippen MR) is 80.8 cm³/mol. The molecule has 0 bridgehead atoms. The summed E-state index contributed by atoms with van der Waals surface area (Å²) in [6, 6.07) is 6.01. The highest BCUT2D eigenvalue weighted by Gasteiger charge is 2.43. The summed E-state index contributed by atoms with van der Waals surface area (Å²) in [6.07, 6.45) is 8.01. The maximum Gasteiger partial charge on any atom is 0.356 e. The Morgan fingerprint density at radius 3 is 2.95 bits per heavy atom. The van der Waals surface area contributed by atoms with Crippen molar-refractivity contribution in [1.29, 1.82) is 0 Å². The van der Waals surface area contributed by atoms with E-state index in [4.69, 9.17) is 4.74 Å². The van der Waals surface area contributed by atoms with Crippen LogP contribution in [-0.4, -0.2) is 48.2 Å². The van der Waals surface area contributed by atoms with E-state index in [9.17, 15) is 4.79 Å². The number of pyridine rings is 1. The SMILES string of the molecule is C[N@+]12CCCC[C@H]1[C@@H](COC(=O)c1ccccn1)CCC2. The second kappa shape index (κ2) is 6.14. The van der Waals surface area contributed by atoms with Crippen molar-refractivity contribution in [2.24, 2.45) is 5.92 Å². The lowest BCUT2D eigenvalue weighted by atomic mass is 9.82. The minimum Gasteiger partial charge on any atom is -0.460 e. The van der Waals surface area contributed by atoms with Crippen LogP contribution in [0.25, 0.3) is 0 Å². The van der Waals surface area contributed by atoms with E-state index in [1.54, 1.807) is 12.3 Å². The summed E-state index contributed by atoms with van der Waals surface area (Å²) in [6.45, 7) is 3.12. The molecule has 2 fully saturated rings.